The van der Waals surface area contributed by atoms with Crippen LogP contribution in [0.25, 0.3) is 11.1 Å². The lowest BCUT2D eigenvalue weighted by molar-refractivity contribution is 0.0811. The second-order valence-corrected chi connectivity index (χ2v) is 5.53. The molecule has 110 valence electrons. The van der Waals surface area contributed by atoms with Gasteiger partial charge in [0.2, 0.25) is 0 Å². The first kappa shape index (κ1) is 14.3. The molecule has 0 radical (unpaired) electrons. The van der Waals surface area contributed by atoms with Crippen LogP contribution in [-0.4, -0.2) is 19.7 Å². The third kappa shape index (κ3) is 3.02. The molecule has 0 aliphatic heterocycles. The number of hydrogen-bond acceptors (Lipinski definition) is 2. The number of hydrogen-bond donors (Lipinski definition) is 1. The van der Waals surface area contributed by atoms with Gasteiger partial charge in [0.25, 0.3) is 0 Å². The van der Waals surface area contributed by atoms with Gasteiger partial charge in [0.15, 0.2) is 0 Å². The number of nitrogens with one attached hydrogen (secondary N) is 1. The number of ether oxygens (including phenoxy) is 1. The van der Waals surface area contributed by atoms with E-state index in [2.05, 4.69) is 60.8 Å². The minimum Gasteiger partial charge on any atom is -0.369 e. The summed E-state index contributed by atoms with van der Waals surface area (Å²) in [5.74, 6) is 0. The highest BCUT2D eigenvalue weighted by molar-refractivity contribution is 5.77. The van der Waals surface area contributed by atoms with Gasteiger partial charge in [-0.1, -0.05) is 55.5 Å². The highest BCUT2D eigenvalue weighted by Gasteiger charge is 2.28. The molecular formula is C19H23NO. The summed E-state index contributed by atoms with van der Waals surface area (Å²) in [6.07, 6.45) is 2.34. The van der Waals surface area contributed by atoms with Crippen LogP contribution in [0.4, 0.5) is 0 Å². The maximum Gasteiger partial charge on any atom is 0.109 e. The van der Waals surface area contributed by atoms with E-state index in [1.807, 2.05) is 0 Å². The Morgan fingerprint density at radius 2 is 1.52 bits per heavy atom. The van der Waals surface area contributed by atoms with Crippen LogP contribution in [-0.2, 0) is 4.74 Å². The number of rotatable bonds is 7. The highest BCUT2D eigenvalue weighted by Crippen LogP contribution is 2.44. The van der Waals surface area contributed by atoms with Crippen LogP contribution < -0.4 is 5.32 Å². The summed E-state index contributed by atoms with van der Waals surface area (Å²) in [4.78, 5) is 0. The summed E-state index contributed by atoms with van der Waals surface area (Å²) in [6, 6.07) is 17.2. The van der Waals surface area contributed by atoms with E-state index in [-0.39, 0.29) is 6.10 Å². The van der Waals surface area contributed by atoms with Gasteiger partial charge in [-0.05, 0) is 48.2 Å². The van der Waals surface area contributed by atoms with Crippen molar-refractivity contribution in [2.24, 2.45) is 0 Å². The summed E-state index contributed by atoms with van der Waals surface area (Å²) in [5, 5.41) is 3.42. The molecule has 0 spiro atoms. The predicted octanol–water partition coefficient (Wildman–Crippen LogP) is 4.16. The van der Waals surface area contributed by atoms with Crippen LogP contribution in [0.15, 0.2) is 48.5 Å². The molecule has 0 heterocycles. The molecule has 0 saturated heterocycles. The molecule has 1 aliphatic rings. The monoisotopic (exact) mass is 281 g/mol. The molecule has 2 aromatic carbocycles. The second kappa shape index (κ2) is 6.88. The Hall–Kier alpha value is -1.64. The molecule has 1 N–H and O–H groups in total. The van der Waals surface area contributed by atoms with Gasteiger partial charge < -0.3 is 10.1 Å². The second-order valence-electron chi connectivity index (χ2n) is 5.53. The van der Waals surface area contributed by atoms with Gasteiger partial charge in [0, 0.05) is 6.61 Å². The number of fused-ring (bicyclic) bond motifs is 3. The molecular weight excluding hydrogens is 258 g/mol. The van der Waals surface area contributed by atoms with Gasteiger partial charge >= 0.3 is 0 Å². The molecule has 0 aromatic heterocycles. The summed E-state index contributed by atoms with van der Waals surface area (Å²) in [7, 11) is 0. The molecule has 2 heteroatoms. The van der Waals surface area contributed by atoms with Crippen molar-refractivity contribution < 1.29 is 4.74 Å². The lowest BCUT2D eigenvalue weighted by Gasteiger charge is -2.15. The van der Waals surface area contributed by atoms with E-state index in [1.165, 1.54) is 28.7 Å². The van der Waals surface area contributed by atoms with Gasteiger partial charge in [-0.25, -0.2) is 0 Å². The fourth-order valence-corrected chi connectivity index (χ4v) is 2.99. The maximum absolute atomic E-state index is 6.20. The van der Waals surface area contributed by atoms with Crippen LogP contribution in [0, 0.1) is 0 Å². The number of benzene rings is 2. The van der Waals surface area contributed by atoms with E-state index in [4.69, 9.17) is 4.74 Å². The zero-order valence-electron chi connectivity index (χ0n) is 12.6. The Balaban J connectivity index is 1.68. The Kier molecular flexibility index (Phi) is 4.69. The fraction of sp³-hybridized carbons (Fsp3) is 0.368. The predicted molar refractivity (Wildman–Crippen MR) is 87.5 cm³/mol. The first-order chi connectivity index (χ1) is 10.4. The molecule has 21 heavy (non-hydrogen) atoms. The van der Waals surface area contributed by atoms with Gasteiger partial charge in [-0.3, -0.25) is 0 Å². The Bertz CT molecular complexity index is 548. The van der Waals surface area contributed by atoms with Crippen molar-refractivity contribution in [3.63, 3.8) is 0 Å². The molecule has 0 fully saturated rings. The standard InChI is InChI=1S/C19H23NO/c1-2-12-20-13-7-14-21-19-17-10-5-3-8-15(17)16-9-4-6-11-18(16)19/h3-6,8-11,19-20H,2,7,12-14H2,1H3. The van der Waals surface area contributed by atoms with Crippen LogP contribution in [0.1, 0.15) is 37.0 Å². The first-order valence-electron chi connectivity index (χ1n) is 7.92. The third-order valence-electron chi connectivity index (χ3n) is 3.99. The minimum absolute atomic E-state index is 0.101. The van der Waals surface area contributed by atoms with Crippen molar-refractivity contribution in [2.75, 3.05) is 19.7 Å². The normalized spacial score (nSPS) is 13.2. The molecule has 0 saturated carbocycles. The van der Waals surface area contributed by atoms with Crippen LogP contribution in [0.2, 0.25) is 0 Å². The quantitative estimate of drug-likeness (QED) is 0.769. The van der Waals surface area contributed by atoms with Crippen LogP contribution in [0.3, 0.4) is 0 Å². The Morgan fingerprint density at radius 1 is 0.905 bits per heavy atom. The first-order valence-corrected chi connectivity index (χ1v) is 7.92. The average Bonchev–Trinajstić information content (AvgIpc) is 2.85. The highest BCUT2D eigenvalue weighted by atomic mass is 16.5. The van der Waals surface area contributed by atoms with Crippen LogP contribution in [0.5, 0.6) is 0 Å². The third-order valence-corrected chi connectivity index (χ3v) is 3.99. The summed E-state index contributed by atoms with van der Waals surface area (Å²) in [5.41, 5.74) is 5.25. The van der Waals surface area contributed by atoms with Crippen LogP contribution >= 0.6 is 0 Å². The van der Waals surface area contributed by atoms with Gasteiger partial charge in [0.05, 0.1) is 0 Å². The zero-order chi connectivity index (χ0) is 14.5. The van der Waals surface area contributed by atoms with Crippen molar-refractivity contribution >= 4 is 0 Å². The van der Waals surface area contributed by atoms with E-state index in [1.54, 1.807) is 0 Å². The molecule has 0 amide bonds. The topological polar surface area (TPSA) is 21.3 Å². The van der Waals surface area contributed by atoms with E-state index < -0.39 is 0 Å². The van der Waals surface area contributed by atoms with Crippen molar-refractivity contribution in [2.45, 2.75) is 25.9 Å². The SMILES string of the molecule is CCCNCCCOC1c2ccccc2-c2ccccc21. The largest absolute Gasteiger partial charge is 0.369 e. The van der Waals surface area contributed by atoms with Crippen molar-refractivity contribution in [3.05, 3.63) is 59.7 Å². The maximum atomic E-state index is 6.20. The van der Waals surface area contributed by atoms with Gasteiger partial charge in [0.1, 0.15) is 6.10 Å². The summed E-state index contributed by atoms with van der Waals surface area (Å²) >= 11 is 0. The molecule has 3 rings (SSSR count). The van der Waals surface area contributed by atoms with Crippen molar-refractivity contribution in [1.29, 1.82) is 0 Å². The molecule has 1 aliphatic carbocycles. The zero-order valence-corrected chi connectivity index (χ0v) is 12.6. The van der Waals surface area contributed by atoms with E-state index >= 15 is 0 Å². The molecule has 2 aromatic rings. The molecule has 0 unspecified atom stereocenters. The lowest BCUT2D eigenvalue weighted by Crippen LogP contribution is -2.18. The minimum atomic E-state index is 0.101. The van der Waals surface area contributed by atoms with Crippen molar-refractivity contribution in [1.82, 2.24) is 5.32 Å². The fourth-order valence-electron chi connectivity index (χ4n) is 2.99. The summed E-state index contributed by atoms with van der Waals surface area (Å²) < 4.78 is 6.20. The van der Waals surface area contributed by atoms with E-state index in [0.717, 1.165) is 26.1 Å². The van der Waals surface area contributed by atoms with E-state index in [0.29, 0.717) is 0 Å². The summed E-state index contributed by atoms with van der Waals surface area (Å²) in [6.45, 7) is 5.11. The van der Waals surface area contributed by atoms with E-state index in [9.17, 15) is 0 Å². The average molecular weight is 281 g/mol. The van der Waals surface area contributed by atoms with Gasteiger partial charge in [-0.15, -0.1) is 0 Å². The Morgan fingerprint density at radius 3 is 2.14 bits per heavy atom. The Labute approximate surface area is 127 Å². The molecule has 2 nitrogen and oxygen atoms in total. The lowest BCUT2D eigenvalue weighted by atomic mass is 10.1. The molecule has 0 bridgehead atoms. The van der Waals surface area contributed by atoms with Gasteiger partial charge in [-0.2, -0.15) is 0 Å². The smallest absolute Gasteiger partial charge is 0.109 e. The molecule has 0 atom stereocenters. The van der Waals surface area contributed by atoms with Crippen molar-refractivity contribution in [3.8, 4) is 11.1 Å².